The summed E-state index contributed by atoms with van der Waals surface area (Å²) in [6.07, 6.45) is -4.55. The zero-order valence-corrected chi connectivity index (χ0v) is 18.8. The molecule has 0 aliphatic rings. The largest absolute Gasteiger partial charge is 0.454 e. The van der Waals surface area contributed by atoms with Crippen LogP contribution >= 0.6 is 10.3 Å². The summed E-state index contributed by atoms with van der Waals surface area (Å²) in [5.74, 6) is 0. The molecular weight excluding hydrogens is 469 g/mol. The van der Waals surface area contributed by atoms with Crippen molar-refractivity contribution in [2.75, 3.05) is 0 Å². The molecule has 1 unspecified atom stereocenters. The van der Waals surface area contributed by atoms with E-state index in [4.69, 9.17) is 3.29 Å². The van der Waals surface area contributed by atoms with Gasteiger partial charge in [0, 0.05) is 0 Å². The second-order valence-corrected chi connectivity index (χ2v) is 11.6. The fourth-order valence-corrected chi connectivity index (χ4v) is 8.64. The zero-order chi connectivity index (χ0) is 23.5. The lowest BCUT2D eigenvalue weighted by Gasteiger charge is -2.25. The fourth-order valence-electron chi connectivity index (χ4n) is 3.36. The van der Waals surface area contributed by atoms with Gasteiger partial charge in [0.15, 0.2) is 10.3 Å². The van der Waals surface area contributed by atoms with Crippen molar-refractivity contribution in [3.63, 3.8) is 0 Å². The minimum absolute atomic E-state index is 0.241. The van der Waals surface area contributed by atoms with E-state index in [1.165, 1.54) is 0 Å². The average Bonchev–Trinajstić information content (AvgIpc) is 2.84. The van der Waals surface area contributed by atoms with Crippen LogP contribution in [0.3, 0.4) is 0 Å². The standard InChI is InChI=1S/C25H19F3O3S2/c26-25(27,28)20-16-18-24(19-17-20)33(29,30)31-32(21-10-4-1-5-11-21,22-12-6-2-7-13-22)23-14-8-3-9-15-23/h1-19H/p+1. The summed E-state index contributed by atoms with van der Waals surface area (Å²) in [6, 6.07) is 30.8. The molecule has 1 N–H and O–H groups in total. The van der Waals surface area contributed by atoms with E-state index in [1.54, 1.807) is 0 Å². The summed E-state index contributed by atoms with van der Waals surface area (Å²) in [4.78, 5) is 1.79. The van der Waals surface area contributed by atoms with Crippen molar-refractivity contribution in [1.29, 1.82) is 0 Å². The van der Waals surface area contributed by atoms with Crippen LogP contribution in [0.1, 0.15) is 5.56 Å². The molecule has 0 aliphatic heterocycles. The van der Waals surface area contributed by atoms with E-state index in [1.807, 2.05) is 91.0 Å². The highest BCUT2D eigenvalue weighted by molar-refractivity contribution is 8.30. The van der Waals surface area contributed by atoms with E-state index in [0.29, 0.717) is 14.7 Å². The summed E-state index contributed by atoms with van der Waals surface area (Å²) in [5, 5.41) is 0. The molecule has 4 aromatic rings. The van der Waals surface area contributed by atoms with Crippen molar-refractivity contribution >= 4 is 20.4 Å². The molecule has 0 aliphatic carbocycles. The molecule has 1 atom stereocenters. The Morgan fingerprint density at radius 2 is 0.939 bits per heavy atom. The third-order valence-electron chi connectivity index (χ3n) is 4.90. The van der Waals surface area contributed by atoms with Crippen molar-refractivity contribution in [1.82, 2.24) is 0 Å². The van der Waals surface area contributed by atoms with Crippen LogP contribution in [0.4, 0.5) is 13.2 Å². The average molecular weight is 490 g/mol. The van der Waals surface area contributed by atoms with Crippen LogP contribution in [0, 0.1) is 0 Å². The Bertz CT molecular complexity index is 1240. The number of rotatable bonds is 5. The molecule has 0 saturated carbocycles. The third kappa shape index (κ3) is 4.68. The Hall–Kier alpha value is -3.07. The van der Waals surface area contributed by atoms with E-state index in [0.717, 1.165) is 24.3 Å². The molecule has 8 heteroatoms. The maximum absolute atomic E-state index is 13.6. The molecule has 0 amide bonds. The van der Waals surface area contributed by atoms with Crippen LogP contribution in [0.25, 0.3) is 0 Å². The van der Waals surface area contributed by atoms with Gasteiger partial charge >= 0.3 is 16.3 Å². The Morgan fingerprint density at radius 3 is 1.27 bits per heavy atom. The smallest absolute Gasteiger partial charge is 0.241 e. The predicted octanol–water partition coefficient (Wildman–Crippen LogP) is 7.60. The van der Waals surface area contributed by atoms with Crippen molar-refractivity contribution in [2.24, 2.45) is 0 Å². The highest BCUT2D eigenvalue weighted by atomic mass is 32.3. The van der Waals surface area contributed by atoms with Gasteiger partial charge in [-0.15, -0.1) is 7.49 Å². The quantitative estimate of drug-likeness (QED) is 0.232. The van der Waals surface area contributed by atoms with Crippen LogP contribution in [0.15, 0.2) is 135 Å². The SMILES string of the molecule is O=S(O)(=[O+]S(c1ccccc1)(c1ccccc1)c1ccccc1)c1ccc(C(F)(F)F)cc1. The monoisotopic (exact) mass is 489 g/mol. The molecule has 4 rings (SSSR count). The Kier molecular flexibility index (Phi) is 6.34. The van der Waals surface area contributed by atoms with Gasteiger partial charge in [0.25, 0.3) is 0 Å². The van der Waals surface area contributed by atoms with Crippen LogP contribution in [-0.4, -0.2) is 8.76 Å². The molecule has 0 radical (unpaired) electrons. The molecule has 0 saturated heterocycles. The maximum atomic E-state index is 13.6. The Balaban J connectivity index is 2.03. The van der Waals surface area contributed by atoms with Crippen molar-refractivity contribution in [3.8, 4) is 0 Å². The summed E-state index contributed by atoms with van der Waals surface area (Å²) in [7, 11) is -6.93. The third-order valence-corrected chi connectivity index (χ3v) is 10.1. The van der Waals surface area contributed by atoms with E-state index in [9.17, 15) is 21.9 Å². The van der Waals surface area contributed by atoms with E-state index >= 15 is 0 Å². The van der Waals surface area contributed by atoms with Gasteiger partial charge in [-0.05, 0) is 60.7 Å². The number of halogens is 3. The minimum Gasteiger partial charge on any atom is -0.241 e. The van der Waals surface area contributed by atoms with Gasteiger partial charge in [0.05, 0.1) is 20.2 Å². The molecule has 3 nitrogen and oxygen atoms in total. The van der Waals surface area contributed by atoms with Crippen LogP contribution in [0.5, 0.6) is 0 Å². The molecular formula is C25H20F3O3S2+. The van der Waals surface area contributed by atoms with E-state index in [2.05, 4.69) is 0 Å². The van der Waals surface area contributed by atoms with Crippen LogP contribution in [0.2, 0.25) is 0 Å². The van der Waals surface area contributed by atoms with Gasteiger partial charge in [0.2, 0.25) is 0 Å². The lowest BCUT2D eigenvalue weighted by Crippen LogP contribution is -2.11. The van der Waals surface area contributed by atoms with Crippen molar-refractivity contribution in [2.45, 2.75) is 25.8 Å². The number of alkyl halides is 3. The lowest BCUT2D eigenvalue weighted by molar-refractivity contribution is -0.137. The zero-order valence-electron chi connectivity index (χ0n) is 17.2. The fraction of sp³-hybridized carbons (Fsp3) is 0.0400. The normalized spacial score (nSPS) is 14.3. The summed E-state index contributed by atoms with van der Waals surface area (Å²) >= 11 is 0. The first-order valence-corrected chi connectivity index (χ1v) is 12.9. The number of hydrogen-bond donors (Lipinski definition) is 1. The topological polar surface area (TPSA) is 48.6 Å². The van der Waals surface area contributed by atoms with Crippen LogP contribution in [-0.2, 0) is 19.6 Å². The number of hydrogen-bond acceptors (Lipinski definition) is 1. The molecule has 170 valence electrons. The van der Waals surface area contributed by atoms with Gasteiger partial charge in [0.1, 0.15) is 4.90 Å². The molecule has 33 heavy (non-hydrogen) atoms. The van der Waals surface area contributed by atoms with Gasteiger partial charge in [-0.2, -0.15) is 13.2 Å². The first kappa shape index (κ1) is 23.1. The summed E-state index contributed by atoms with van der Waals surface area (Å²) in [5.41, 5.74) is -0.908. The van der Waals surface area contributed by atoms with E-state index in [-0.39, 0.29) is 4.90 Å². The summed E-state index contributed by atoms with van der Waals surface area (Å²) < 4.78 is 69.8. The predicted molar refractivity (Wildman–Crippen MR) is 123 cm³/mol. The van der Waals surface area contributed by atoms with Crippen molar-refractivity contribution < 1.29 is 25.2 Å². The maximum Gasteiger partial charge on any atom is 0.454 e. The van der Waals surface area contributed by atoms with Gasteiger partial charge in [-0.1, -0.05) is 54.6 Å². The Morgan fingerprint density at radius 1 is 0.576 bits per heavy atom. The van der Waals surface area contributed by atoms with Crippen molar-refractivity contribution in [3.05, 3.63) is 121 Å². The molecule has 0 fully saturated rings. The van der Waals surface area contributed by atoms with Gasteiger partial charge in [-0.3, -0.25) is 0 Å². The lowest BCUT2D eigenvalue weighted by atomic mass is 10.2. The molecule has 0 aromatic heterocycles. The second kappa shape index (κ2) is 9.05. The van der Waals surface area contributed by atoms with Gasteiger partial charge in [-0.25, -0.2) is 4.55 Å². The Labute approximate surface area is 192 Å². The highest BCUT2D eigenvalue weighted by Gasteiger charge is 2.45. The van der Waals surface area contributed by atoms with Gasteiger partial charge < -0.3 is 0 Å². The molecule has 0 spiro atoms. The molecule has 0 heterocycles. The summed E-state index contributed by atoms with van der Waals surface area (Å²) in [6.45, 7) is 0. The first-order chi connectivity index (χ1) is 15.7. The number of benzene rings is 4. The second-order valence-electron chi connectivity index (χ2n) is 7.06. The van der Waals surface area contributed by atoms with Crippen LogP contribution < -0.4 is 0 Å². The molecule has 0 bridgehead atoms. The first-order valence-electron chi connectivity index (χ1n) is 9.87. The highest BCUT2D eigenvalue weighted by Crippen LogP contribution is 2.67. The molecule has 4 aromatic carbocycles. The van der Waals surface area contributed by atoms with E-state index < -0.39 is 32.2 Å². The minimum atomic E-state index is -4.55.